The third-order valence-corrected chi connectivity index (χ3v) is 8.77. The van der Waals surface area contributed by atoms with Gasteiger partial charge in [0.05, 0.1) is 53.2 Å². The Kier molecular flexibility index (Phi) is 10.6. The van der Waals surface area contributed by atoms with Crippen LogP contribution in [0.25, 0.3) is 5.69 Å². The summed E-state index contributed by atoms with van der Waals surface area (Å²) in [6.45, 7) is 4.10. The van der Waals surface area contributed by atoms with Crippen LogP contribution in [0.5, 0.6) is 5.75 Å². The highest BCUT2D eigenvalue weighted by Gasteiger charge is 2.30. The van der Waals surface area contributed by atoms with E-state index in [-0.39, 0.29) is 11.6 Å². The molecule has 0 atom stereocenters. The summed E-state index contributed by atoms with van der Waals surface area (Å²) in [6, 6.07) is 15.6. The normalized spacial score (nSPS) is 11.1. The maximum atomic E-state index is 14.4. The topological polar surface area (TPSA) is 103 Å². The predicted molar refractivity (Wildman–Crippen MR) is 174 cm³/mol. The van der Waals surface area contributed by atoms with Gasteiger partial charge in [-0.15, -0.1) is 0 Å². The first-order chi connectivity index (χ1) is 21.0. The van der Waals surface area contributed by atoms with Crippen LogP contribution in [0.3, 0.4) is 0 Å². The molecule has 4 rings (SSSR count). The number of carbonyl (C=O) groups is 1. The minimum atomic E-state index is -0.581. The Morgan fingerprint density at radius 2 is 1.89 bits per heavy atom. The largest absolute Gasteiger partial charge is 0.494 e. The Labute approximate surface area is 270 Å². The molecule has 1 heterocycles. The smallest absolute Gasteiger partial charge is 0.339 e. The summed E-state index contributed by atoms with van der Waals surface area (Å²) in [5, 5.41) is 8.90. The van der Waals surface area contributed by atoms with Crippen molar-refractivity contribution in [3.8, 4) is 23.3 Å². The van der Waals surface area contributed by atoms with E-state index in [1.165, 1.54) is 32.0 Å². The number of methoxy groups -OCH3 is 2. The van der Waals surface area contributed by atoms with Crippen LogP contribution in [0, 0.1) is 23.1 Å². The van der Waals surface area contributed by atoms with E-state index in [1.54, 1.807) is 36.5 Å². The van der Waals surface area contributed by atoms with Gasteiger partial charge >= 0.3 is 5.97 Å². The van der Waals surface area contributed by atoms with Gasteiger partial charge in [0.2, 0.25) is 0 Å². The van der Waals surface area contributed by atoms with Crippen LogP contribution in [0.1, 0.15) is 59.4 Å². The average Bonchev–Trinajstić information content (AvgIpc) is 3.44. The summed E-state index contributed by atoms with van der Waals surface area (Å²) in [5.41, 5.74) is 8.96. The molecular formula is C33H31Cl2FN4O3S. The SMILES string of the molecule is COC(=O)c1cc(CSc2ncc(C(C)(C)c3ccc(Cl)c(Cl)c3)n2-c2ccc(F)c(OC)c2)ccc1C#CCCC(=N)N. The van der Waals surface area contributed by atoms with Gasteiger partial charge in [-0.2, -0.15) is 0 Å². The second-order valence-electron chi connectivity index (χ2n) is 10.3. The van der Waals surface area contributed by atoms with Gasteiger partial charge in [0.1, 0.15) is 0 Å². The number of benzene rings is 3. The summed E-state index contributed by atoms with van der Waals surface area (Å²) in [5.74, 6) is 5.59. The summed E-state index contributed by atoms with van der Waals surface area (Å²) >= 11 is 14.0. The molecule has 0 radical (unpaired) electrons. The highest BCUT2D eigenvalue weighted by Crippen LogP contribution is 2.39. The molecule has 3 aromatic carbocycles. The number of aromatic nitrogens is 2. The number of nitrogens with one attached hydrogen (secondary N) is 1. The lowest BCUT2D eigenvalue weighted by atomic mass is 9.81. The molecule has 0 amide bonds. The summed E-state index contributed by atoms with van der Waals surface area (Å²) in [4.78, 5) is 17.4. The van der Waals surface area contributed by atoms with Crippen LogP contribution >= 0.6 is 35.0 Å². The number of rotatable bonds is 10. The van der Waals surface area contributed by atoms with Crippen molar-refractivity contribution in [3.63, 3.8) is 0 Å². The summed E-state index contributed by atoms with van der Waals surface area (Å²) in [7, 11) is 2.74. The molecule has 3 N–H and O–H groups in total. The van der Waals surface area contributed by atoms with Gasteiger partial charge in [-0.3, -0.25) is 9.98 Å². The zero-order valence-corrected chi connectivity index (χ0v) is 27.0. The molecule has 11 heteroatoms. The quantitative estimate of drug-likeness (QED) is 0.0596. The zero-order valence-electron chi connectivity index (χ0n) is 24.6. The van der Waals surface area contributed by atoms with Gasteiger partial charge in [0.25, 0.3) is 0 Å². The first-order valence-corrected chi connectivity index (χ1v) is 15.2. The Morgan fingerprint density at radius 3 is 2.57 bits per heavy atom. The number of imidazole rings is 1. The molecule has 0 bridgehead atoms. The molecular weight excluding hydrogens is 622 g/mol. The van der Waals surface area contributed by atoms with Crippen LogP contribution < -0.4 is 10.5 Å². The van der Waals surface area contributed by atoms with Gasteiger partial charge in [-0.1, -0.05) is 72.8 Å². The number of amidine groups is 1. The molecule has 0 aliphatic carbocycles. The third kappa shape index (κ3) is 7.39. The first-order valence-electron chi connectivity index (χ1n) is 13.5. The van der Waals surface area contributed by atoms with E-state index in [0.29, 0.717) is 50.6 Å². The predicted octanol–water partition coefficient (Wildman–Crippen LogP) is 7.80. The van der Waals surface area contributed by atoms with E-state index in [2.05, 4.69) is 11.8 Å². The summed E-state index contributed by atoms with van der Waals surface area (Å²) < 4.78 is 26.7. The highest BCUT2D eigenvalue weighted by molar-refractivity contribution is 7.98. The average molecular weight is 654 g/mol. The number of hydrogen-bond donors (Lipinski definition) is 2. The molecule has 0 saturated carbocycles. The molecule has 7 nitrogen and oxygen atoms in total. The number of nitrogens with two attached hydrogens (primary N) is 1. The van der Waals surface area contributed by atoms with Crippen molar-refractivity contribution in [1.82, 2.24) is 9.55 Å². The van der Waals surface area contributed by atoms with Crippen molar-refractivity contribution in [1.29, 1.82) is 5.41 Å². The molecule has 0 fully saturated rings. The number of thioether (sulfide) groups is 1. The molecule has 0 saturated heterocycles. The van der Waals surface area contributed by atoms with Crippen molar-refractivity contribution >= 4 is 46.8 Å². The lowest BCUT2D eigenvalue weighted by Gasteiger charge is -2.28. The number of ether oxygens (including phenoxy) is 2. The Morgan fingerprint density at radius 1 is 1.11 bits per heavy atom. The minimum absolute atomic E-state index is 0.0563. The lowest BCUT2D eigenvalue weighted by Crippen LogP contribution is -2.23. The molecule has 44 heavy (non-hydrogen) atoms. The van der Waals surface area contributed by atoms with E-state index < -0.39 is 17.2 Å². The Hall–Kier alpha value is -3.97. The van der Waals surface area contributed by atoms with Crippen LogP contribution in [-0.2, 0) is 15.9 Å². The fourth-order valence-electron chi connectivity index (χ4n) is 4.52. The molecule has 0 unspecified atom stereocenters. The number of carbonyl (C=O) groups excluding carboxylic acids is 1. The second-order valence-corrected chi connectivity index (χ2v) is 12.1. The second kappa shape index (κ2) is 14.2. The maximum Gasteiger partial charge on any atom is 0.339 e. The molecule has 4 aromatic rings. The monoisotopic (exact) mass is 652 g/mol. The van der Waals surface area contributed by atoms with Crippen molar-refractivity contribution in [2.45, 2.75) is 43.0 Å². The molecule has 228 valence electrons. The third-order valence-electron chi connectivity index (χ3n) is 7.00. The first kappa shape index (κ1) is 32.9. The maximum absolute atomic E-state index is 14.4. The van der Waals surface area contributed by atoms with Gasteiger partial charge in [0, 0.05) is 35.6 Å². The van der Waals surface area contributed by atoms with Crippen molar-refractivity contribution < 1.29 is 18.7 Å². The van der Waals surface area contributed by atoms with E-state index >= 15 is 0 Å². The fraction of sp³-hybridized carbons (Fsp3) is 0.242. The van der Waals surface area contributed by atoms with Crippen molar-refractivity contribution in [2.24, 2.45) is 5.73 Å². The Bertz CT molecular complexity index is 1780. The highest BCUT2D eigenvalue weighted by atomic mass is 35.5. The van der Waals surface area contributed by atoms with E-state index in [9.17, 15) is 9.18 Å². The minimum Gasteiger partial charge on any atom is -0.494 e. The van der Waals surface area contributed by atoms with Gasteiger partial charge in [-0.25, -0.2) is 14.2 Å². The van der Waals surface area contributed by atoms with Gasteiger partial charge < -0.3 is 15.2 Å². The van der Waals surface area contributed by atoms with E-state index in [1.807, 2.05) is 36.6 Å². The van der Waals surface area contributed by atoms with Crippen LogP contribution in [0.4, 0.5) is 4.39 Å². The molecule has 0 aliphatic heterocycles. The zero-order chi connectivity index (χ0) is 32.0. The Balaban J connectivity index is 1.73. The molecule has 1 aromatic heterocycles. The number of esters is 1. The van der Waals surface area contributed by atoms with E-state index in [4.69, 9.17) is 48.8 Å². The molecule has 0 aliphatic rings. The van der Waals surface area contributed by atoms with Crippen LogP contribution in [0.15, 0.2) is 66.0 Å². The van der Waals surface area contributed by atoms with Crippen molar-refractivity contribution in [3.05, 3.63) is 105 Å². The van der Waals surface area contributed by atoms with Crippen molar-refractivity contribution in [2.75, 3.05) is 14.2 Å². The number of nitrogens with zero attached hydrogens (tertiary/aromatic N) is 2. The fourth-order valence-corrected chi connectivity index (χ4v) is 5.75. The standard InChI is InChI=1S/C33H31Cl2FN4O3S/c1-33(2,22-11-13-25(34)26(35)16-22)29-18-39-32(40(29)23-12-14-27(36)28(17-23)42-3)44-19-20-9-10-21(7-5-6-8-30(37)38)24(15-20)31(41)43-4/h9-18H,6,8,19H2,1-4H3,(H3,37,38). The van der Waals surface area contributed by atoms with Gasteiger partial charge in [0.15, 0.2) is 16.7 Å². The number of halogens is 3. The van der Waals surface area contributed by atoms with E-state index in [0.717, 1.165) is 16.8 Å². The van der Waals surface area contributed by atoms with Crippen LogP contribution in [0.2, 0.25) is 10.0 Å². The van der Waals surface area contributed by atoms with Gasteiger partial charge in [-0.05, 0) is 47.5 Å². The number of hydrogen-bond acceptors (Lipinski definition) is 6. The molecule has 0 spiro atoms. The summed E-state index contributed by atoms with van der Waals surface area (Å²) in [6.07, 6.45) is 2.55. The lowest BCUT2D eigenvalue weighted by molar-refractivity contribution is 0.0600. The van der Waals surface area contributed by atoms with Crippen LogP contribution in [-0.4, -0.2) is 35.6 Å².